The molecule has 9 heteroatoms. The van der Waals surface area contributed by atoms with Gasteiger partial charge in [-0.25, -0.2) is 4.79 Å². The molecule has 1 aliphatic carbocycles. The lowest BCUT2D eigenvalue weighted by Gasteiger charge is -2.38. The molecule has 2 N–H and O–H groups in total. The highest BCUT2D eigenvalue weighted by molar-refractivity contribution is 6.12. The van der Waals surface area contributed by atoms with Gasteiger partial charge in [0.2, 0.25) is 0 Å². The largest absolute Gasteiger partial charge is 0.504 e. The standard InChI is InChI=1S/C26H33NO8/c1-6-9-34-10-11-35-26(31)21-15(3)27-17-12-14(2)20(25(30)33-5)24(29)23(17)22(21)16-7-8-19(32-4)18(28)13-16/h7-8,13-14,20,22,27-28H,6,9-12H2,1-5H3/t14-,20-,22+/m0/s1. The number of allylic oxidation sites excluding steroid dienone is 3. The van der Waals surface area contributed by atoms with Crippen molar-refractivity contribution in [1.82, 2.24) is 5.32 Å². The molecule has 3 rings (SSSR count). The molecule has 1 aromatic rings. The van der Waals surface area contributed by atoms with Gasteiger partial charge in [0.25, 0.3) is 0 Å². The molecule has 0 bridgehead atoms. The summed E-state index contributed by atoms with van der Waals surface area (Å²) in [5.41, 5.74) is 2.21. The fourth-order valence-electron chi connectivity index (χ4n) is 4.69. The normalized spacial score (nSPS) is 21.9. The topological polar surface area (TPSA) is 120 Å². The molecule has 0 saturated carbocycles. The van der Waals surface area contributed by atoms with E-state index in [1.165, 1.54) is 20.3 Å². The van der Waals surface area contributed by atoms with Gasteiger partial charge in [-0.15, -0.1) is 0 Å². The first-order chi connectivity index (χ1) is 16.7. The van der Waals surface area contributed by atoms with Crippen LogP contribution < -0.4 is 10.1 Å². The van der Waals surface area contributed by atoms with Crippen molar-refractivity contribution in [1.29, 1.82) is 0 Å². The number of Topliss-reactive ketones (excluding diaryl/α,β-unsaturated/α-hetero) is 1. The number of dihydropyridines is 1. The number of ketones is 1. The van der Waals surface area contributed by atoms with Crippen molar-refractivity contribution < 1.29 is 38.4 Å². The number of nitrogens with one attached hydrogen (secondary N) is 1. The predicted octanol–water partition coefficient (Wildman–Crippen LogP) is 2.98. The zero-order valence-electron chi connectivity index (χ0n) is 20.8. The number of aromatic hydroxyl groups is 1. The third-order valence-corrected chi connectivity index (χ3v) is 6.31. The van der Waals surface area contributed by atoms with Crippen molar-refractivity contribution in [2.45, 2.75) is 39.5 Å². The van der Waals surface area contributed by atoms with Crippen LogP contribution >= 0.6 is 0 Å². The molecule has 35 heavy (non-hydrogen) atoms. The number of rotatable bonds is 9. The SMILES string of the molecule is CCCOCCOC(=O)C1=C(C)NC2=C(C(=O)[C@@H](C(=O)OC)[C@@H](C)C2)[C@@H]1c1ccc(OC)c(O)c1. The van der Waals surface area contributed by atoms with Crippen LogP contribution in [-0.2, 0) is 28.6 Å². The number of hydrogen-bond donors (Lipinski definition) is 2. The summed E-state index contributed by atoms with van der Waals surface area (Å²) in [7, 11) is 2.68. The average Bonchev–Trinajstić information content (AvgIpc) is 2.82. The molecule has 1 aliphatic heterocycles. The summed E-state index contributed by atoms with van der Waals surface area (Å²) < 4.78 is 20.9. The van der Waals surface area contributed by atoms with Crippen LogP contribution in [0, 0.1) is 11.8 Å². The minimum Gasteiger partial charge on any atom is -0.504 e. The zero-order chi connectivity index (χ0) is 25.7. The van der Waals surface area contributed by atoms with Gasteiger partial charge in [0.05, 0.1) is 26.4 Å². The summed E-state index contributed by atoms with van der Waals surface area (Å²) in [4.78, 5) is 39.4. The second kappa shape index (κ2) is 11.4. The fraction of sp³-hybridized carbons (Fsp3) is 0.500. The Labute approximate surface area is 205 Å². The highest BCUT2D eigenvalue weighted by atomic mass is 16.6. The van der Waals surface area contributed by atoms with E-state index >= 15 is 0 Å². The average molecular weight is 488 g/mol. The maximum absolute atomic E-state index is 13.7. The van der Waals surface area contributed by atoms with E-state index < -0.39 is 29.6 Å². The Bertz CT molecular complexity index is 1060. The van der Waals surface area contributed by atoms with E-state index in [-0.39, 0.29) is 36.2 Å². The molecule has 3 atom stereocenters. The summed E-state index contributed by atoms with van der Waals surface area (Å²) in [5, 5.41) is 13.7. The van der Waals surface area contributed by atoms with Crippen molar-refractivity contribution in [3.05, 3.63) is 46.3 Å². The van der Waals surface area contributed by atoms with E-state index in [1.807, 2.05) is 13.8 Å². The first-order valence-corrected chi connectivity index (χ1v) is 11.7. The second-order valence-electron chi connectivity index (χ2n) is 8.71. The van der Waals surface area contributed by atoms with E-state index in [9.17, 15) is 19.5 Å². The molecule has 9 nitrogen and oxygen atoms in total. The monoisotopic (exact) mass is 487 g/mol. The summed E-state index contributed by atoms with van der Waals surface area (Å²) in [6, 6.07) is 4.71. The predicted molar refractivity (Wildman–Crippen MR) is 127 cm³/mol. The highest BCUT2D eigenvalue weighted by Crippen LogP contribution is 2.46. The summed E-state index contributed by atoms with van der Waals surface area (Å²) in [6.45, 7) is 6.41. The number of carbonyl (C=O) groups is 3. The van der Waals surface area contributed by atoms with Gasteiger partial charge in [0.15, 0.2) is 17.3 Å². The lowest BCUT2D eigenvalue weighted by molar-refractivity contribution is -0.151. The number of benzene rings is 1. The number of hydrogen-bond acceptors (Lipinski definition) is 9. The Balaban J connectivity index is 2.06. The second-order valence-corrected chi connectivity index (χ2v) is 8.71. The third-order valence-electron chi connectivity index (χ3n) is 6.31. The van der Waals surface area contributed by atoms with Crippen molar-refractivity contribution in [2.24, 2.45) is 11.8 Å². The Morgan fingerprint density at radius 2 is 1.91 bits per heavy atom. The van der Waals surface area contributed by atoms with Crippen LogP contribution in [0.1, 0.15) is 45.1 Å². The van der Waals surface area contributed by atoms with Crippen LogP contribution in [0.4, 0.5) is 0 Å². The van der Waals surface area contributed by atoms with Crippen LogP contribution in [0.25, 0.3) is 0 Å². The first-order valence-electron chi connectivity index (χ1n) is 11.7. The lowest BCUT2D eigenvalue weighted by atomic mass is 9.69. The minimum absolute atomic E-state index is 0.0534. The molecule has 0 radical (unpaired) electrons. The Kier molecular flexibility index (Phi) is 8.56. The van der Waals surface area contributed by atoms with Gasteiger partial charge in [-0.2, -0.15) is 0 Å². The molecule has 190 valence electrons. The fourth-order valence-corrected chi connectivity index (χ4v) is 4.69. The van der Waals surface area contributed by atoms with E-state index in [4.69, 9.17) is 18.9 Å². The molecule has 1 heterocycles. The third kappa shape index (κ3) is 5.35. The van der Waals surface area contributed by atoms with Crippen LogP contribution in [0.5, 0.6) is 11.5 Å². The highest BCUT2D eigenvalue weighted by Gasteiger charge is 2.47. The van der Waals surface area contributed by atoms with Gasteiger partial charge >= 0.3 is 11.9 Å². The van der Waals surface area contributed by atoms with E-state index in [2.05, 4.69) is 5.32 Å². The number of carbonyl (C=O) groups excluding carboxylic acids is 3. The number of ether oxygens (including phenoxy) is 4. The summed E-state index contributed by atoms with van der Waals surface area (Å²) >= 11 is 0. The lowest BCUT2D eigenvalue weighted by Crippen LogP contribution is -2.43. The molecular formula is C26H33NO8. The molecule has 1 aromatic carbocycles. The number of methoxy groups -OCH3 is 2. The van der Waals surface area contributed by atoms with Crippen LogP contribution in [0.2, 0.25) is 0 Å². The van der Waals surface area contributed by atoms with Gasteiger partial charge in [-0.3, -0.25) is 9.59 Å². The van der Waals surface area contributed by atoms with Crippen LogP contribution in [-0.4, -0.2) is 56.9 Å². The van der Waals surface area contributed by atoms with Gasteiger partial charge in [0.1, 0.15) is 12.5 Å². The van der Waals surface area contributed by atoms with Crippen molar-refractivity contribution in [2.75, 3.05) is 34.0 Å². The van der Waals surface area contributed by atoms with Gasteiger partial charge < -0.3 is 29.4 Å². The zero-order valence-corrected chi connectivity index (χ0v) is 20.8. The smallest absolute Gasteiger partial charge is 0.336 e. The number of esters is 2. The van der Waals surface area contributed by atoms with Crippen LogP contribution in [0.3, 0.4) is 0 Å². The van der Waals surface area contributed by atoms with E-state index in [1.54, 1.807) is 19.1 Å². The quantitative estimate of drug-likeness (QED) is 0.308. The van der Waals surface area contributed by atoms with E-state index in [0.29, 0.717) is 35.6 Å². The van der Waals surface area contributed by atoms with Gasteiger partial charge in [0, 0.05) is 29.5 Å². The molecule has 0 saturated heterocycles. The maximum Gasteiger partial charge on any atom is 0.336 e. The maximum atomic E-state index is 13.7. The Morgan fingerprint density at radius 1 is 1.17 bits per heavy atom. The molecule has 0 amide bonds. The molecule has 2 aliphatic rings. The summed E-state index contributed by atoms with van der Waals surface area (Å²) in [5.74, 6) is -3.65. The first kappa shape index (κ1) is 26.3. The Hall–Kier alpha value is -3.33. The summed E-state index contributed by atoms with van der Waals surface area (Å²) in [6.07, 6.45) is 1.27. The van der Waals surface area contributed by atoms with E-state index in [0.717, 1.165) is 6.42 Å². The molecular weight excluding hydrogens is 454 g/mol. The number of phenols is 1. The minimum atomic E-state index is -0.993. The number of phenolic OH excluding ortho intramolecular Hbond substituents is 1. The van der Waals surface area contributed by atoms with Crippen LogP contribution in [0.15, 0.2) is 40.7 Å². The van der Waals surface area contributed by atoms with Gasteiger partial charge in [-0.05, 0) is 43.4 Å². The molecule has 0 aromatic heterocycles. The molecule has 0 unspecified atom stereocenters. The van der Waals surface area contributed by atoms with Crippen molar-refractivity contribution >= 4 is 17.7 Å². The molecule has 0 fully saturated rings. The Morgan fingerprint density at radius 3 is 2.54 bits per heavy atom. The molecule has 0 spiro atoms. The van der Waals surface area contributed by atoms with Crippen molar-refractivity contribution in [3.8, 4) is 11.5 Å². The van der Waals surface area contributed by atoms with Gasteiger partial charge in [-0.1, -0.05) is 19.9 Å². The van der Waals surface area contributed by atoms with Crippen molar-refractivity contribution in [3.63, 3.8) is 0 Å².